The minimum atomic E-state index is 0.0497. The average Bonchev–Trinajstić information content (AvgIpc) is 2.25. The van der Waals surface area contributed by atoms with E-state index < -0.39 is 0 Å². The summed E-state index contributed by atoms with van der Waals surface area (Å²) >= 11 is 0. The van der Waals surface area contributed by atoms with Crippen LogP contribution in [-0.4, -0.2) is 13.9 Å². The number of hydrogen-bond acceptors (Lipinski definition) is 2. The van der Waals surface area contributed by atoms with Crippen LogP contribution in [0.4, 0.5) is 0 Å². The lowest BCUT2D eigenvalue weighted by Crippen LogP contribution is -2.05. The molecule has 0 spiro atoms. The van der Waals surface area contributed by atoms with Crippen molar-refractivity contribution in [2.24, 2.45) is 0 Å². The van der Waals surface area contributed by atoms with Gasteiger partial charge in [-0.05, 0) is 12.0 Å². The van der Waals surface area contributed by atoms with Crippen LogP contribution in [0.25, 0.3) is 0 Å². The summed E-state index contributed by atoms with van der Waals surface area (Å²) in [6.07, 6.45) is 2.70. The number of ether oxygens (including phenoxy) is 2. The molecule has 1 atom stereocenters. The molecule has 0 aromatic heterocycles. The van der Waals surface area contributed by atoms with E-state index >= 15 is 0 Å². The first kappa shape index (κ1) is 11.0. The SMILES string of the molecule is C=CC[C@H](OCOC)c1ccccc1. The van der Waals surface area contributed by atoms with Crippen LogP contribution in [0, 0.1) is 0 Å². The minimum Gasteiger partial charge on any atom is -0.359 e. The summed E-state index contributed by atoms with van der Waals surface area (Å²) in [6.45, 7) is 4.03. The van der Waals surface area contributed by atoms with Crippen LogP contribution in [0.15, 0.2) is 43.0 Å². The second-order valence-corrected chi connectivity index (χ2v) is 3.00. The fourth-order valence-corrected chi connectivity index (χ4v) is 1.27. The second kappa shape index (κ2) is 6.35. The van der Waals surface area contributed by atoms with Gasteiger partial charge in [0.25, 0.3) is 0 Å². The molecule has 14 heavy (non-hydrogen) atoms. The van der Waals surface area contributed by atoms with Crippen molar-refractivity contribution in [3.63, 3.8) is 0 Å². The molecule has 0 heterocycles. The van der Waals surface area contributed by atoms with Gasteiger partial charge in [0.05, 0.1) is 6.10 Å². The van der Waals surface area contributed by atoms with Crippen LogP contribution in [0.5, 0.6) is 0 Å². The quantitative estimate of drug-likeness (QED) is 0.509. The summed E-state index contributed by atoms with van der Waals surface area (Å²) in [7, 11) is 1.62. The Bertz CT molecular complexity index is 256. The zero-order valence-corrected chi connectivity index (χ0v) is 8.48. The smallest absolute Gasteiger partial charge is 0.147 e. The van der Waals surface area contributed by atoms with E-state index in [9.17, 15) is 0 Å². The summed E-state index contributed by atoms with van der Waals surface area (Å²) in [4.78, 5) is 0. The molecule has 0 saturated carbocycles. The zero-order chi connectivity index (χ0) is 10.2. The highest BCUT2D eigenvalue weighted by molar-refractivity contribution is 5.18. The Morgan fingerprint density at radius 1 is 1.36 bits per heavy atom. The molecular weight excluding hydrogens is 176 g/mol. The van der Waals surface area contributed by atoms with E-state index in [0.717, 1.165) is 12.0 Å². The van der Waals surface area contributed by atoms with Gasteiger partial charge in [0, 0.05) is 7.11 Å². The van der Waals surface area contributed by atoms with E-state index in [0.29, 0.717) is 6.79 Å². The summed E-state index contributed by atoms with van der Waals surface area (Å²) in [6, 6.07) is 10.1. The molecular formula is C12H16O2. The van der Waals surface area contributed by atoms with Crippen LogP contribution < -0.4 is 0 Å². The average molecular weight is 192 g/mol. The molecule has 0 N–H and O–H groups in total. The highest BCUT2D eigenvalue weighted by Crippen LogP contribution is 2.20. The third-order valence-electron chi connectivity index (χ3n) is 1.94. The highest BCUT2D eigenvalue weighted by atomic mass is 16.7. The van der Waals surface area contributed by atoms with Crippen molar-refractivity contribution in [2.75, 3.05) is 13.9 Å². The molecule has 0 fully saturated rings. The maximum atomic E-state index is 5.52. The fourth-order valence-electron chi connectivity index (χ4n) is 1.27. The van der Waals surface area contributed by atoms with Gasteiger partial charge in [-0.25, -0.2) is 0 Å². The van der Waals surface area contributed by atoms with Gasteiger partial charge in [0.15, 0.2) is 0 Å². The van der Waals surface area contributed by atoms with E-state index in [-0.39, 0.29) is 6.10 Å². The van der Waals surface area contributed by atoms with Crippen molar-refractivity contribution in [1.82, 2.24) is 0 Å². The first-order valence-electron chi connectivity index (χ1n) is 4.65. The molecule has 1 rings (SSSR count). The maximum absolute atomic E-state index is 5.52. The van der Waals surface area contributed by atoms with Crippen LogP contribution >= 0.6 is 0 Å². The Morgan fingerprint density at radius 2 is 2.07 bits per heavy atom. The predicted molar refractivity (Wildman–Crippen MR) is 57.0 cm³/mol. The van der Waals surface area contributed by atoms with E-state index in [1.54, 1.807) is 7.11 Å². The molecule has 2 nitrogen and oxygen atoms in total. The Hall–Kier alpha value is -1.12. The lowest BCUT2D eigenvalue weighted by atomic mass is 10.1. The molecule has 0 saturated heterocycles. The molecule has 0 aliphatic heterocycles. The molecule has 1 aromatic rings. The monoisotopic (exact) mass is 192 g/mol. The molecule has 0 aliphatic rings. The zero-order valence-electron chi connectivity index (χ0n) is 8.48. The van der Waals surface area contributed by atoms with E-state index in [1.165, 1.54) is 0 Å². The van der Waals surface area contributed by atoms with Gasteiger partial charge in [-0.15, -0.1) is 6.58 Å². The lowest BCUT2D eigenvalue weighted by molar-refractivity contribution is -0.0720. The van der Waals surface area contributed by atoms with E-state index in [1.807, 2.05) is 36.4 Å². The van der Waals surface area contributed by atoms with Gasteiger partial charge < -0.3 is 9.47 Å². The van der Waals surface area contributed by atoms with Crippen molar-refractivity contribution in [3.05, 3.63) is 48.6 Å². The molecule has 0 bridgehead atoms. The molecule has 0 aliphatic carbocycles. The van der Waals surface area contributed by atoms with Crippen molar-refractivity contribution in [2.45, 2.75) is 12.5 Å². The summed E-state index contributed by atoms with van der Waals surface area (Å²) in [5, 5.41) is 0. The van der Waals surface area contributed by atoms with Crippen molar-refractivity contribution in [3.8, 4) is 0 Å². The summed E-state index contributed by atoms with van der Waals surface area (Å²) < 4.78 is 10.4. The van der Waals surface area contributed by atoms with Crippen molar-refractivity contribution in [1.29, 1.82) is 0 Å². The summed E-state index contributed by atoms with van der Waals surface area (Å²) in [5.41, 5.74) is 1.16. The number of hydrogen-bond donors (Lipinski definition) is 0. The number of methoxy groups -OCH3 is 1. The molecule has 0 radical (unpaired) electrons. The van der Waals surface area contributed by atoms with E-state index in [4.69, 9.17) is 9.47 Å². The van der Waals surface area contributed by atoms with Crippen LogP contribution in [-0.2, 0) is 9.47 Å². The Labute approximate surface area is 85.2 Å². The maximum Gasteiger partial charge on any atom is 0.147 e. The van der Waals surface area contributed by atoms with E-state index in [2.05, 4.69) is 6.58 Å². The third-order valence-corrected chi connectivity index (χ3v) is 1.94. The Morgan fingerprint density at radius 3 is 2.64 bits per heavy atom. The lowest BCUT2D eigenvalue weighted by Gasteiger charge is -2.15. The number of rotatable bonds is 6. The Balaban J connectivity index is 2.62. The first-order valence-corrected chi connectivity index (χ1v) is 4.65. The molecule has 2 heteroatoms. The molecule has 0 amide bonds. The minimum absolute atomic E-state index is 0.0497. The highest BCUT2D eigenvalue weighted by Gasteiger charge is 2.08. The van der Waals surface area contributed by atoms with Crippen molar-refractivity contribution >= 4 is 0 Å². The fraction of sp³-hybridized carbons (Fsp3) is 0.333. The molecule has 1 aromatic carbocycles. The summed E-state index contributed by atoms with van der Waals surface area (Å²) in [5.74, 6) is 0. The largest absolute Gasteiger partial charge is 0.359 e. The Kier molecular flexibility index (Phi) is 4.97. The van der Waals surface area contributed by atoms with Gasteiger partial charge in [0.2, 0.25) is 0 Å². The first-order chi connectivity index (χ1) is 6.88. The van der Waals surface area contributed by atoms with Gasteiger partial charge in [-0.1, -0.05) is 36.4 Å². The number of benzene rings is 1. The predicted octanol–water partition coefficient (Wildman–Crippen LogP) is 2.92. The third kappa shape index (κ3) is 3.32. The van der Waals surface area contributed by atoms with Crippen LogP contribution in [0.2, 0.25) is 0 Å². The van der Waals surface area contributed by atoms with Gasteiger partial charge in [-0.3, -0.25) is 0 Å². The van der Waals surface area contributed by atoms with Gasteiger partial charge in [-0.2, -0.15) is 0 Å². The molecule has 0 unspecified atom stereocenters. The topological polar surface area (TPSA) is 18.5 Å². The van der Waals surface area contributed by atoms with Crippen molar-refractivity contribution < 1.29 is 9.47 Å². The van der Waals surface area contributed by atoms with Crippen LogP contribution in [0.1, 0.15) is 18.1 Å². The standard InChI is InChI=1S/C12H16O2/c1-3-7-12(14-10-13-2)11-8-5-4-6-9-11/h3-6,8-9,12H,1,7,10H2,2H3/t12-/m0/s1. The normalized spacial score (nSPS) is 12.4. The van der Waals surface area contributed by atoms with Gasteiger partial charge in [0.1, 0.15) is 6.79 Å². The van der Waals surface area contributed by atoms with Gasteiger partial charge >= 0.3 is 0 Å². The molecule has 76 valence electrons. The van der Waals surface area contributed by atoms with Crippen LogP contribution in [0.3, 0.4) is 0 Å². The second-order valence-electron chi connectivity index (χ2n) is 3.00.